The normalized spacial score (nSPS) is 10.4. The first-order chi connectivity index (χ1) is 14.6. The van der Waals surface area contributed by atoms with Crippen molar-refractivity contribution in [3.63, 3.8) is 0 Å². The number of carbonyl (C=O) groups excluding carboxylic acids is 1. The molecule has 0 bridgehead atoms. The van der Waals surface area contributed by atoms with Crippen molar-refractivity contribution in [3.05, 3.63) is 100 Å². The summed E-state index contributed by atoms with van der Waals surface area (Å²) in [5, 5.41) is 8.48. The maximum Gasteiger partial charge on any atom is 0.266 e. The number of amides is 1. The van der Waals surface area contributed by atoms with E-state index in [1.54, 1.807) is 24.3 Å². The fraction of sp³-hybridized carbons (Fsp3) is 0. The molecule has 4 aromatic carbocycles. The summed E-state index contributed by atoms with van der Waals surface area (Å²) in [6.07, 6.45) is 0. The molecule has 2 N–H and O–H groups in total. The van der Waals surface area contributed by atoms with Crippen LogP contribution in [0.25, 0.3) is 10.8 Å². The van der Waals surface area contributed by atoms with Crippen molar-refractivity contribution in [2.45, 2.75) is 0 Å². The van der Waals surface area contributed by atoms with Crippen molar-refractivity contribution < 1.29 is 9.53 Å². The Morgan fingerprint density at radius 2 is 1.43 bits per heavy atom. The SMILES string of the molecule is O=C(Nc1ccc(I)cc1)c1ccc(OC(=S)Nc2ccc3ccccc3c2)cc1. The molecule has 0 heterocycles. The molecule has 0 atom stereocenters. The van der Waals surface area contributed by atoms with Crippen LogP contribution in [0.4, 0.5) is 11.4 Å². The lowest BCUT2D eigenvalue weighted by Crippen LogP contribution is -2.16. The third-order valence-electron chi connectivity index (χ3n) is 4.43. The number of anilines is 2. The molecule has 0 aliphatic carbocycles. The van der Waals surface area contributed by atoms with Gasteiger partial charge in [0.2, 0.25) is 0 Å². The van der Waals surface area contributed by atoms with E-state index in [2.05, 4.69) is 39.3 Å². The minimum Gasteiger partial charge on any atom is -0.432 e. The van der Waals surface area contributed by atoms with Gasteiger partial charge in [-0.05, 0) is 106 Å². The van der Waals surface area contributed by atoms with Crippen LogP contribution in [-0.4, -0.2) is 11.1 Å². The highest BCUT2D eigenvalue weighted by Gasteiger charge is 2.08. The second-order valence-electron chi connectivity index (χ2n) is 6.56. The number of hydrogen-bond donors (Lipinski definition) is 2. The maximum atomic E-state index is 12.4. The van der Waals surface area contributed by atoms with Gasteiger partial charge < -0.3 is 15.4 Å². The average Bonchev–Trinajstić information content (AvgIpc) is 2.75. The largest absolute Gasteiger partial charge is 0.432 e. The number of rotatable bonds is 4. The van der Waals surface area contributed by atoms with Gasteiger partial charge in [-0.3, -0.25) is 4.79 Å². The van der Waals surface area contributed by atoms with Gasteiger partial charge in [0.25, 0.3) is 11.1 Å². The highest BCUT2D eigenvalue weighted by molar-refractivity contribution is 14.1. The molecule has 0 saturated carbocycles. The van der Waals surface area contributed by atoms with Gasteiger partial charge in [0, 0.05) is 20.5 Å². The van der Waals surface area contributed by atoms with Crippen LogP contribution in [0, 0.1) is 3.57 Å². The first-order valence-corrected chi connectivity index (χ1v) is 10.7. The summed E-state index contributed by atoms with van der Waals surface area (Å²) in [6, 6.07) is 28.6. The van der Waals surface area contributed by atoms with E-state index in [9.17, 15) is 4.79 Å². The number of carbonyl (C=O) groups is 1. The fourth-order valence-electron chi connectivity index (χ4n) is 2.93. The molecule has 0 radical (unpaired) electrons. The molecular weight excluding hydrogens is 507 g/mol. The summed E-state index contributed by atoms with van der Waals surface area (Å²) in [7, 11) is 0. The Labute approximate surface area is 193 Å². The van der Waals surface area contributed by atoms with Crippen LogP contribution in [-0.2, 0) is 0 Å². The predicted molar refractivity (Wildman–Crippen MR) is 134 cm³/mol. The summed E-state index contributed by atoms with van der Waals surface area (Å²) in [5.74, 6) is 0.374. The molecule has 148 valence electrons. The van der Waals surface area contributed by atoms with Gasteiger partial charge in [-0.15, -0.1) is 0 Å². The lowest BCUT2D eigenvalue weighted by Gasteiger charge is -2.11. The van der Waals surface area contributed by atoms with Crippen LogP contribution >= 0.6 is 34.8 Å². The molecule has 30 heavy (non-hydrogen) atoms. The molecule has 0 saturated heterocycles. The number of fused-ring (bicyclic) bond motifs is 1. The van der Waals surface area contributed by atoms with Gasteiger partial charge in [-0.2, -0.15) is 0 Å². The van der Waals surface area contributed by atoms with Gasteiger partial charge >= 0.3 is 0 Å². The number of benzene rings is 4. The molecule has 0 aliphatic rings. The highest BCUT2D eigenvalue weighted by atomic mass is 127. The zero-order chi connectivity index (χ0) is 20.9. The Morgan fingerprint density at radius 1 is 0.767 bits per heavy atom. The second kappa shape index (κ2) is 9.23. The van der Waals surface area contributed by atoms with E-state index in [0.717, 1.165) is 25.7 Å². The molecule has 0 aliphatic heterocycles. The Balaban J connectivity index is 1.36. The highest BCUT2D eigenvalue weighted by Crippen LogP contribution is 2.20. The predicted octanol–water partition coefficient (Wildman–Crippen LogP) is 6.47. The van der Waals surface area contributed by atoms with E-state index in [0.29, 0.717) is 11.3 Å². The second-order valence-corrected chi connectivity index (χ2v) is 8.18. The van der Waals surface area contributed by atoms with Crippen LogP contribution in [0.15, 0.2) is 91.0 Å². The van der Waals surface area contributed by atoms with Gasteiger partial charge in [-0.1, -0.05) is 30.3 Å². The topological polar surface area (TPSA) is 50.4 Å². The molecule has 4 rings (SSSR count). The number of hydrogen-bond acceptors (Lipinski definition) is 3. The first-order valence-electron chi connectivity index (χ1n) is 9.21. The monoisotopic (exact) mass is 524 g/mol. The molecule has 0 fully saturated rings. The molecule has 0 spiro atoms. The van der Waals surface area contributed by atoms with E-state index in [-0.39, 0.29) is 11.1 Å². The van der Waals surface area contributed by atoms with Crippen LogP contribution in [0.1, 0.15) is 10.4 Å². The quantitative estimate of drug-likeness (QED) is 0.237. The summed E-state index contributed by atoms with van der Waals surface area (Å²) in [4.78, 5) is 12.4. The average molecular weight is 524 g/mol. The van der Waals surface area contributed by atoms with Crippen molar-refractivity contribution in [1.29, 1.82) is 0 Å². The number of thiocarbonyl (C=S) groups is 1. The maximum absolute atomic E-state index is 12.4. The number of nitrogens with one attached hydrogen (secondary N) is 2. The molecule has 1 amide bonds. The van der Waals surface area contributed by atoms with Crippen LogP contribution in [0.2, 0.25) is 0 Å². The van der Waals surface area contributed by atoms with Crippen LogP contribution < -0.4 is 15.4 Å². The van der Waals surface area contributed by atoms with Gasteiger partial charge in [0.15, 0.2) is 0 Å². The lowest BCUT2D eigenvalue weighted by molar-refractivity contribution is 0.102. The van der Waals surface area contributed by atoms with Crippen LogP contribution in [0.5, 0.6) is 5.75 Å². The molecule has 4 aromatic rings. The molecule has 6 heteroatoms. The minimum atomic E-state index is -0.181. The van der Waals surface area contributed by atoms with Gasteiger partial charge in [-0.25, -0.2) is 0 Å². The fourth-order valence-corrected chi connectivity index (χ4v) is 3.50. The van der Waals surface area contributed by atoms with E-state index in [1.807, 2.05) is 60.7 Å². The third kappa shape index (κ3) is 5.14. The Morgan fingerprint density at radius 3 is 2.17 bits per heavy atom. The third-order valence-corrected chi connectivity index (χ3v) is 5.33. The van der Waals surface area contributed by atoms with E-state index in [4.69, 9.17) is 17.0 Å². The number of ether oxygens (including phenoxy) is 1. The van der Waals surface area contributed by atoms with Crippen molar-refractivity contribution in [2.24, 2.45) is 0 Å². The summed E-state index contributed by atoms with van der Waals surface area (Å²) >= 11 is 7.53. The first kappa shape index (κ1) is 20.3. The molecule has 0 unspecified atom stereocenters. The summed E-state index contributed by atoms with van der Waals surface area (Å²) in [5.41, 5.74) is 2.14. The Hall–Kier alpha value is -2.97. The smallest absolute Gasteiger partial charge is 0.266 e. The molecular formula is C24H17IN2O2S. The van der Waals surface area contributed by atoms with E-state index < -0.39 is 0 Å². The molecule has 4 nitrogen and oxygen atoms in total. The zero-order valence-corrected chi connectivity index (χ0v) is 18.7. The van der Waals surface area contributed by atoms with Crippen molar-refractivity contribution in [2.75, 3.05) is 10.6 Å². The summed E-state index contributed by atoms with van der Waals surface area (Å²) < 4.78 is 6.80. The lowest BCUT2D eigenvalue weighted by atomic mass is 10.1. The standard InChI is InChI=1S/C24H17IN2O2S/c25-19-8-11-20(12-9-19)26-23(28)17-6-13-22(14-7-17)29-24(30)27-21-10-5-16-3-1-2-4-18(16)15-21/h1-15H,(H,26,28)(H,27,30). The zero-order valence-electron chi connectivity index (χ0n) is 15.8. The van der Waals surface area contributed by atoms with E-state index in [1.165, 1.54) is 0 Å². The Kier molecular flexibility index (Phi) is 6.25. The minimum absolute atomic E-state index is 0.181. The van der Waals surface area contributed by atoms with Gasteiger partial charge in [0.05, 0.1) is 0 Å². The number of halogens is 1. The van der Waals surface area contributed by atoms with E-state index >= 15 is 0 Å². The van der Waals surface area contributed by atoms with Gasteiger partial charge in [0.1, 0.15) is 5.75 Å². The van der Waals surface area contributed by atoms with Crippen molar-refractivity contribution >= 4 is 68.0 Å². The molecule has 0 aromatic heterocycles. The Bertz CT molecular complexity index is 1210. The van der Waals surface area contributed by atoms with Crippen molar-refractivity contribution in [1.82, 2.24) is 0 Å². The van der Waals surface area contributed by atoms with Crippen LogP contribution in [0.3, 0.4) is 0 Å². The van der Waals surface area contributed by atoms with Crippen molar-refractivity contribution in [3.8, 4) is 5.75 Å². The summed E-state index contributed by atoms with van der Waals surface area (Å²) in [6.45, 7) is 0.